The van der Waals surface area contributed by atoms with Crippen LogP contribution in [0, 0.1) is 6.92 Å². The lowest BCUT2D eigenvalue weighted by molar-refractivity contribution is -0.136. The highest BCUT2D eigenvalue weighted by Crippen LogP contribution is 2.05. The van der Waals surface area contributed by atoms with E-state index < -0.39 is 5.97 Å². The zero-order valence-electron chi connectivity index (χ0n) is 8.66. The summed E-state index contributed by atoms with van der Waals surface area (Å²) in [5.41, 5.74) is 1.22. The highest BCUT2D eigenvalue weighted by atomic mass is 16.4. The number of rotatable bonds is 3. The van der Waals surface area contributed by atoms with Crippen molar-refractivity contribution < 1.29 is 9.90 Å². The Labute approximate surface area is 91.6 Å². The lowest BCUT2D eigenvalue weighted by Gasteiger charge is -1.99. The normalized spacial score (nSPS) is 10.3. The van der Waals surface area contributed by atoms with Gasteiger partial charge in [0.15, 0.2) is 0 Å². The fourth-order valence-corrected chi connectivity index (χ4v) is 1.26. The molecule has 1 N–H and O–H groups in total. The predicted molar refractivity (Wildman–Crippen MR) is 55.2 cm³/mol. The Kier molecular flexibility index (Phi) is 2.63. The van der Waals surface area contributed by atoms with E-state index in [2.05, 4.69) is 15.1 Å². The van der Waals surface area contributed by atoms with Gasteiger partial charge in [0.25, 0.3) is 0 Å². The summed E-state index contributed by atoms with van der Waals surface area (Å²) >= 11 is 0. The van der Waals surface area contributed by atoms with Crippen LogP contribution in [0.5, 0.6) is 0 Å². The molecule has 2 rings (SSSR count). The Hall–Kier alpha value is -2.24. The van der Waals surface area contributed by atoms with Crippen LogP contribution in [-0.4, -0.2) is 30.8 Å². The summed E-state index contributed by atoms with van der Waals surface area (Å²) in [4.78, 5) is 18.6. The van der Waals surface area contributed by atoms with Gasteiger partial charge >= 0.3 is 5.97 Å². The number of hydrogen-bond acceptors (Lipinski definition) is 4. The van der Waals surface area contributed by atoms with Gasteiger partial charge in [0.2, 0.25) is 0 Å². The van der Waals surface area contributed by atoms with Crippen LogP contribution >= 0.6 is 0 Å². The number of aromatic nitrogens is 4. The molecular weight excluding hydrogens is 208 g/mol. The van der Waals surface area contributed by atoms with Crippen LogP contribution in [0.4, 0.5) is 0 Å². The first-order chi connectivity index (χ1) is 7.65. The van der Waals surface area contributed by atoms with Gasteiger partial charge in [-0.25, -0.2) is 14.6 Å². The molecule has 0 fully saturated rings. The fraction of sp³-hybridized carbons (Fsp3) is 0.200. The van der Waals surface area contributed by atoms with Gasteiger partial charge in [0.1, 0.15) is 11.5 Å². The zero-order valence-corrected chi connectivity index (χ0v) is 8.66. The van der Waals surface area contributed by atoms with Crippen LogP contribution in [0.15, 0.2) is 24.7 Å². The lowest BCUT2D eigenvalue weighted by atomic mass is 10.3. The van der Waals surface area contributed by atoms with Crippen molar-refractivity contribution in [3.63, 3.8) is 0 Å². The third kappa shape index (κ3) is 2.22. The zero-order chi connectivity index (χ0) is 11.5. The van der Waals surface area contributed by atoms with E-state index in [1.807, 2.05) is 0 Å². The summed E-state index contributed by atoms with van der Waals surface area (Å²) in [6.07, 6.45) is 4.88. The summed E-state index contributed by atoms with van der Waals surface area (Å²) in [7, 11) is 0. The maximum atomic E-state index is 10.5. The number of carboxylic acids is 1. The second kappa shape index (κ2) is 4.09. The molecule has 0 aliphatic heterocycles. The number of carboxylic acid groups (broad SMARTS) is 1. The Bertz CT molecular complexity index is 504. The van der Waals surface area contributed by atoms with E-state index in [-0.39, 0.29) is 6.42 Å². The molecule has 0 unspecified atom stereocenters. The molecule has 0 aliphatic carbocycles. The minimum atomic E-state index is -0.898. The smallest absolute Gasteiger partial charge is 0.309 e. The van der Waals surface area contributed by atoms with Crippen molar-refractivity contribution in [1.29, 1.82) is 0 Å². The minimum absolute atomic E-state index is 0.0836. The number of nitrogens with zero attached hydrogens (tertiary/aromatic N) is 4. The van der Waals surface area contributed by atoms with E-state index in [1.54, 1.807) is 36.3 Å². The Morgan fingerprint density at radius 1 is 1.44 bits per heavy atom. The second-order valence-electron chi connectivity index (χ2n) is 3.31. The summed E-state index contributed by atoms with van der Waals surface area (Å²) in [5, 5.41) is 12.7. The molecule has 0 amide bonds. The molecule has 0 radical (unpaired) electrons. The van der Waals surface area contributed by atoms with Gasteiger partial charge in [0.05, 0.1) is 24.5 Å². The van der Waals surface area contributed by atoms with Crippen LogP contribution in [0.1, 0.15) is 11.5 Å². The molecule has 2 aromatic rings. The van der Waals surface area contributed by atoms with Crippen molar-refractivity contribution >= 4 is 5.97 Å². The number of aryl methyl sites for hydroxylation is 1. The molecule has 0 aromatic carbocycles. The molecule has 0 spiro atoms. The van der Waals surface area contributed by atoms with Crippen molar-refractivity contribution in [3.05, 3.63) is 36.2 Å². The minimum Gasteiger partial charge on any atom is -0.481 e. The second-order valence-corrected chi connectivity index (χ2v) is 3.31. The lowest BCUT2D eigenvalue weighted by Crippen LogP contribution is -2.03. The van der Waals surface area contributed by atoms with Gasteiger partial charge in [-0.3, -0.25) is 4.79 Å². The van der Waals surface area contributed by atoms with E-state index in [0.29, 0.717) is 17.2 Å². The van der Waals surface area contributed by atoms with Crippen LogP contribution in [0.25, 0.3) is 5.69 Å². The summed E-state index contributed by atoms with van der Waals surface area (Å²) in [6, 6.07) is 1.66. The van der Waals surface area contributed by atoms with Gasteiger partial charge in [0, 0.05) is 6.20 Å². The molecule has 6 heteroatoms. The molecule has 0 aliphatic rings. The van der Waals surface area contributed by atoms with Crippen LogP contribution in [-0.2, 0) is 11.2 Å². The maximum Gasteiger partial charge on any atom is 0.309 e. The average Bonchev–Trinajstić information content (AvgIpc) is 2.66. The highest BCUT2D eigenvalue weighted by Gasteiger charge is 2.05. The molecule has 0 saturated carbocycles. The van der Waals surface area contributed by atoms with Crippen LogP contribution < -0.4 is 0 Å². The van der Waals surface area contributed by atoms with E-state index in [4.69, 9.17) is 5.11 Å². The number of carbonyl (C=O) groups is 1. The number of hydrogen-bond donors (Lipinski definition) is 1. The van der Waals surface area contributed by atoms with Crippen molar-refractivity contribution in [2.45, 2.75) is 13.3 Å². The van der Waals surface area contributed by atoms with E-state index in [1.165, 1.54) is 0 Å². The molecule has 6 nitrogen and oxygen atoms in total. The Morgan fingerprint density at radius 2 is 2.12 bits per heavy atom. The van der Waals surface area contributed by atoms with Crippen molar-refractivity contribution in [2.24, 2.45) is 0 Å². The van der Waals surface area contributed by atoms with Crippen molar-refractivity contribution in [1.82, 2.24) is 19.7 Å². The molecule has 16 heavy (non-hydrogen) atoms. The SMILES string of the molecule is Cc1ncc(-n2ccc(CC(=O)O)n2)cn1. The molecule has 2 aromatic heterocycles. The first kappa shape index (κ1) is 10.3. The average molecular weight is 218 g/mol. The fourth-order valence-electron chi connectivity index (χ4n) is 1.26. The first-order valence-electron chi connectivity index (χ1n) is 4.70. The van der Waals surface area contributed by atoms with Gasteiger partial charge in [-0.05, 0) is 13.0 Å². The van der Waals surface area contributed by atoms with Crippen molar-refractivity contribution in [3.8, 4) is 5.69 Å². The van der Waals surface area contributed by atoms with Gasteiger partial charge < -0.3 is 5.11 Å². The standard InChI is InChI=1S/C10H10N4O2/c1-7-11-5-9(6-12-7)14-3-2-8(13-14)4-10(15)16/h2-3,5-6H,4H2,1H3,(H,15,16). The summed E-state index contributed by atoms with van der Waals surface area (Å²) in [5.74, 6) is -0.216. The van der Waals surface area contributed by atoms with E-state index in [9.17, 15) is 4.79 Å². The molecule has 82 valence electrons. The Morgan fingerprint density at radius 3 is 2.75 bits per heavy atom. The third-order valence-corrected chi connectivity index (χ3v) is 2.01. The molecule has 2 heterocycles. The number of aliphatic carboxylic acids is 1. The predicted octanol–water partition coefficient (Wildman–Crippen LogP) is 0.598. The molecule has 0 saturated heterocycles. The van der Waals surface area contributed by atoms with Crippen molar-refractivity contribution in [2.75, 3.05) is 0 Å². The topological polar surface area (TPSA) is 80.9 Å². The molecular formula is C10H10N4O2. The quantitative estimate of drug-likeness (QED) is 0.815. The first-order valence-corrected chi connectivity index (χ1v) is 4.70. The van der Waals surface area contributed by atoms with Crippen LogP contribution in [0.2, 0.25) is 0 Å². The van der Waals surface area contributed by atoms with E-state index >= 15 is 0 Å². The van der Waals surface area contributed by atoms with E-state index in [0.717, 1.165) is 0 Å². The van der Waals surface area contributed by atoms with Gasteiger partial charge in [-0.15, -0.1) is 0 Å². The van der Waals surface area contributed by atoms with Crippen LogP contribution in [0.3, 0.4) is 0 Å². The largest absolute Gasteiger partial charge is 0.481 e. The van der Waals surface area contributed by atoms with Gasteiger partial charge in [-0.2, -0.15) is 5.10 Å². The van der Waals surface area contributed by atoms with Gasteiger partial charge in [-0.1, -0.05) is 0 Å². The highest BCUT2D eigenvalue weighted by molar-refractivity contribution is 5.69. The third-order valence-electron chi connectivity index (χ3n) is 2.01. The monoisotopic (exact) mass is 218 g/mol. The summed E-state index contributed by atoms with van der Waals surface area (Å²) in [6.45, 7) is 1.79. The summed E-state index contributed by atoms with van der Waals surface area (Å²) < 4.78 is 1.55. The molecule has 0 atom stereocenters. The maximum absolute atomic E-state index is 10.5. The Balaban J connectivity index is 2.24. The molecule has 0 bridgehead atoms.